The SMILES string of the molecule is CNC(=O)CCN(C)c1cc(F)cc(C=O)c1. The summed E-state index contributed by atoms with van der Waals surface area (Å²) in [5.74, 6) is -0.541. The molecule has 5 heteroatoms. The van der Waals surface area contributed by atoms with Gasteiger partial charge in [-0.2, -0.15) is 0 Å². The zero-order valence-corrected chi connectivity index (χ0v) is 9.87. The van der Waals surface area contributed by atoms with E-state index in [1.165, 1.54) is 12.1 Å². The number of nitrogens with one attached hydrogen (secondary N) is 1. The van der Waals surface area contributed by atoms with Crippen molar-refractivity contribution in [1.29, 1.82) is 0 Å². The smallest absolute Gasteiger partial charge is 0.221 e. The largest absolute Gasteiger partial charge is 0.374 e. The molecule has 4 nitrogen and oxygen atoms in total. The van der Waals surface area contributed by atoms with Crippen molar-refractivity contribution >= 4 is 17.9 Å². The summed E-state index contributed by atoms with van der Waals surface area (Å²) in [7, 11) is 3.31. The number of anilines is 1. The van der Waals surface area contributed by atoms with E-state index in [0.717, 1.165) is 0 Å². The second kappa shape index (κ2) is 5.98. The molecule has 0 heterocycles. The molecular weight excluding hydrogens is 223 g/mol. The maximum Gasteiger partial charge on any atom is 0.221 e. The molecule has 0 aliphatic heterocycles. The van der Waals surface area contributed by atoms with E-state index >= 15 is 0 Å². The van der Waals surface area contributed by atoms with Gasteiger partial charge in [0.05, 0.1) is 0 Å². The van der Waals surface area contributed by atoms with Crippen LogP contribution < -0.4 is 10.2 Å². The van der Waals surface area contributed by atoms with Crippen LogP contribution in [-0.2, 0) is 4.79 Å². The lowest BCUT2D eigenvalue weighted by Gasteiger charge is -2.19. The molecule has 92 valence electrons. The summed E-state index contributed by atoms with van der Waals surface area (Å²) in [6.07, 6.45) is 0.916. The molecule has 0 aromatic heterocycles. The van der Waals surface area contributed by atoms with Crippen LogP contribution in [-0.4, -0.2) is 32.8 Å². The third-order valence-corrected chi connectivity index (χ3v) is 2.43. The Labute approximate surface area is 99.4 Å². The second-order valence-corrected chi connectivity index (χ2v) is 3.71. The van der Waals surface area contributed by atoms with Crippen molar-refractivity contribution < 1.29 is 14.0 Å². The Hall–Kier alpha value is -1.91. The van der Waals surface area contributed by atoms with Gasteiger partial charge in [-0.1, -0.05) is 0 Å². The molecule has 0 spiro atoms. The predicted octanol–water partition coefficient (Wildman–Crippen LogP) is 1.21. The fourth-order valence-electron chi connectivity index (χ4n) is 1.41. The first kappa shape index (κ1) is 13.2. The van der Waals surface area contributed by atoms with Crippen LogP contribution in [0.5, 0.6) is 0 Å². The minimum Gasteiger partial charge on any atom is -0.374 e. The number of halogens is 1. The van der Waals surface area contributed by atoms with Gasteiger partial charge in [-0.05, 0) is 18.2 Å². The van der Waals surface area contributed by atoms with Crippen molar-refractivity contribution in [3.05, 3.63) is 29.6 Å². The average molecular weight is 238 g/mol. The number of carbonyl (C=O) groups excluding carboxylic acids is 2. The third-order valence-electron chi connectivity index (χ3n) is 2.43. The fraction of sp³-hybridized carbons (Fsp3) is 0.333. The van der Waals surface area contributed by atoms with Crippen LogP contribution in [0, 0.1) is 5.82 Å². The van der Waals surface area contributed by atoms with E-state index in [2.05, 4.69) is 5.32 Å². The summed E-state index contributed by atoms with van der Waals surface area (Å²) < 4.78 is 13.2. The first-order valence-corrected chi connectivity index (χ1v) is 5.24. The van der Waals surface area contributed by atoms with Crippen LogP contribution in [0.4, 0.5) is 10.1 Å². The highest BCUT2D eigenvalue weighted by molar-refractivity contribution is 5.78. The first-order chi connectivity index (χ1) is 8.06. The van der Waals surface area contributed by atoms with Crippen molar-refractivity contribution in [2.45, 2.75) is 6.42 Å². The molecule has 1 rings (SSSR count). The van der Waals surface area contributed by atoms with Crippen LogP contribution in [0.1, 0.15) is 16.8 Å². The Bertz CT molecular complexity index is 421. The van der Waals surface area contributed by atoms with Gasteiger partial charge in [-0.15, -0.1) is 0 Å². The normalized spacial score (nSPS) is 9.82. The highest BCUT2D eigenvalue weighted by atomic mass is 19.1. The molecule has 1 N–H and O–H groups in total. The highest BCUT2D eigenvalue weighted by Crippen LogP contribution is 2.16. The lowest BCUT2D eigenvalue weighted by molar-refractivity contribution is -0.120. The van der Waals surface area contributed by atoms with Crippen molar-refractivity contribution in [3.63, 3.8) is 0 Å². The van der Waals surface area contributed by atoms with Crippen molar-refractivity contribution in [3.8, 4) is 0 Å². The molecule has 1 aromatic rings. The van der Waals surface area contributed by atoms with Crippen LogP contribution in [0.15, 0.2) is 18.2 Å². The van der Waals surface area contributed by atoms with Crippen LogP contribution in [0.25, 0.3) is 0 Å². The molecule has 1 aromatic carbocycles. The van der Waals surface area contributed by atoms with Gasteiger partial charge in [0.1, 0.15) is 12.1 Å². The van der Waals surface area contributed by atoms with Crippen LogP contribution in [0.2, 0.25) is 0 Å². The monoisotopic (exact) mass is 238 g/mol. The summed E-state index contributed by atoms with van der Waals surface area (Å²) >= 11 is 0. The number of aldehydes is 1. The van der Waals surface area contributed by atoms with E-state index in [9.17, 15) is 14.0 Å². The van der Waals surface area contributed by atoms with E-state index in [0.29, 0.717) is 24.9 Å². The van der Waals surface area contributed by atoms with Crippen LogP contribution >= 0.6 is 0 Å². The second-order valence-electron chi connectivity index (χ2n) is 3.71. The number of hydrogen-bond acceptors (Lipinski definition) is 3. The number of nitrogens with zero attached hydrogens (tertiary/aromatic N) is 1. The zero-order valence-electron chi connectivity index (χ0n) is 9.87. The van der Waals surface area contributed by atoms with Gasteiger partial charge in [0.2, 0.25) is 5.91 Å². The van der Waals surface area contributed by atoms with Gasteiger partial charge in [0.25, 0.3) is 0 Å². The van der Waals surface area contributed by atoms with E-state index < -0.39 is 5.82 Å². The molecule has 0 fully saturated rings. The first-order valence-electron chi connectivity index (χ1n) is 5.24. The number of carbonyl (C=O) groups is 2. The fourth-order valence-corrected chi connectivity index (χ4v) is 1.41. The van der Waals surface area contributed by atoms with E-state index in [4.69, 9.17) is 0 Å². The average Bonchev–Trinajstić information content (AvgIpc) is 2.34. The molecule has 0 saturated heterocycles. The van der Waals surface area contributed by atoms with Gasteiger partial charge < -0.3 is 10.2 Å². The predicted molar refractivity (Wildman–Crippen MR) is 63.7 cm³/mol. The number of rotatable bonds is 5. The number of hydrogen-bond donors (Lipinski definition) is 1. The lowest BCUT2D eigenvalue weighted by Crippen LogP contribution is -2.26. The molecule has 0 saturated carbocycles. The molecule has 0 atom stereocenters. The van der Waals surface area contributed by atoms with Crippen molar-refractivity contribution in [2.24, 2.45) is 0 Å². The molecule has 0 radical (unpaired) electrons. The number of benzene rings is 1. The topological polar surface area (TPSA) is 49.4 Å². The van der Waals surface area contributed by atoms with Crippen molar-refractivity contribution in [1.82, 2.24) is 5.32 Å². The number of amides is 1. The molecule has 0 unspecified atom stereocenters. The quantitative estimate of drug-likeness (QED) is 0.784. The summed E-state index contributed by atoms with van der Waals surface area (Å²) in [5, 5.41) is 2.51. The van der Waals surface area contributed by atoms with Gasteiger partial charge in [-0.25, -0.2) is 4.39 Å². The van der Waals surface area contributed by atoms with Gasteiger partial charge in [0.15, 0.2) is 0 Å². The van der Waals surface area contributed by atoms with E-state index in [1.807, 2.05) is 0 Å². The maximum absolute atomic E-state index is 13.2. The third kappa shape index (κ3) is 3.86. The summed E-state index contributed by atoms with van der Waals surface area (Å²) in [4.78, 5) is 23.4. The van der Waals surface area contributed by atoms with Crippen molar-refractivity contribution in [2.75, 3.05) is 25.5 Å². The maximum atomic E-state index is 13.2. The minimum atomic E-state index is -0.462. The Kier molecular flexibility index (Phi) is 4.63. The lowest BCUT2D eigenvalue weighted by atomic mass is 10.2. The Morgan fingerprint density at radius 1 is 1.47 bits per heavy atom. The van der Waals surface area contributed by atoms with E-state index in [-0.39, 0.29) is 11.5 Å². The standard InChI is InChI=1S/C12H15FN2O2/c1-14-12(17)3-4-15(2)11-6-9(8-16)5-10(13)7-11/h5-8H,3-4H2,1-2H3,(H,14,17). The molecule has 17 heavy (non-hydrogen) atoms. The van der Waals surface area contributed by atoms with E-state index in [1.54, 1.807) is 25.1 Å². The Balaban J connectivity index is 2.74. The Morgan fingerprint density at radius 3 is 2.76 bits per heavy atom. The molecular formula is C12H15FN2O2. The van der Waals surface area contributed by atoms with Gasteiger partial charge >= 0.3 is 0 Å². The van der Waals surface area contributed by atoms with Gasteiger partial charge in [-0.3, -0.25) is 9.59 Å². The summed E-state index contributed by atoms with van der Waals surface area (Å²) in [6, 6.07) is 4.08. The molecule has 0 aliphatic rings. The molecule has 0 aliphatic carbocycles. The molecule has 1 amide bonds. The summed E-state index contributed by atoms with van der Waals surface area (Å²) in [6.45, 7) is 0.460. The van der Waals surface area contributed by atoms with Crippen LogP contribution in [0.3, 0.4) is 0 Å². The Morgan fingerprint density at radius 2 is 2.18 bits per heavy atom. The molecule has 0 bridgehead atoms. The minimum absolute atomic E-state index is 0.0798. The summed E-state index contributed by atoms with van der Waals surface area (Å²) in [5.41, 5.74) is 0.864. The highest BCUT2D eigenvalue weighted by Gasteiger charge is 2.07. The van der Waals surface area contributed by atoms with Gasteiger partial charge in [0, 0.05) is 38.3 Å². The zero-order chi connectivity index (χ0) is 12.8.